The van der Waals surface area contributed by atoms with E-state index in [0.29, 0.717) is 0 Å². The van der Waals surface area contributed by atoms with Crippen molar-refractivity contribution in [2.24, 2.45) is 0 Å². The molecule has 4 rings (SSSR count). The predicted octanol–water partition coefficient (Wildman–Crippen LogP) is 2.58. The van der Waals surface area contributed by atoms with Crippen LogP contribution in [-0.2, 0) is 19.4 Å². The molecule has 5 nitrogen and oxygen atoms in total. The predicted molar refractivity (Wildman–Crippen MR) is 115 cm³/mol. The average molecular weight is 416 g/mol. The number of nitrogens with zero attached hydrogens (tertiary/aromatic N) is 1. The number of carbonyl (C=O) groups is 1. The van der Waals surface area contributed by atoms with Gasteiger partial charge in [-0.1, -0.05) is 6.42 Å². The van der Waals surface area contributed by atoms with Crippen molar-refractivity contribution < 1.29 is 19.2 Å². The molecule has 0 unspecified atom stereocenters. The van der Waals surface area contributed by atoms with Crippen molar-refractivity contribution in [3.63, 3.8) is 0 Å². The molecule has 0 bridgehead atoms. The van der Waals surface area contributed by atoms with Gasteiger partial charge in [-0.2, -0.15) is 0 Å². The molecular formula is C23H31N2O3S+. The number of quaternary nitrogens is 1. The highest BCUT2D eigenvalue weighted by molar-refractivity contribution is 7.14. The molecule has 1 N–H and O–H groups in total. The molecule has 0 radical (unpaired) electrons. The van der Waals surface area contributed by atoms with E-state index in [2.05, 4.69) is 18.2 Å². The number of carbonyl (C=O) groups excluding carboxylic acids is 1. The van der Waals surface area contributed by atoms with Gasteiger partial charge >= 0.3 is 0 Å². The van der Waals surface area contributed by atoms with Crippen molar-refractivity contribution in [1.82, 2.24) is 4.90 Å². The summed E-state index contributed by atoms with van der Waals surface area (Å²) in [5, 5.41) is 0. The maximum atomic E-state index is 13.0. The van der Waals surface area contributed by atoms with Crippen LogP contribution in [0.2, 0.25) is 0 Å². The first-order valence-electron chi connectivity index (χ1n) is 10.6. The minimum Gasteiger partial charge on any atom is -0.493 e. The molecule has 1 amide bonds. The van der Waals surface area contributed by atoms with Crippen LogP contribution in [0, 0.1) is 0 Å². The topological polar surface area (TPSA) is 43.2 Å². The Morgan fingerprint density at radius 2 is 1.79 bits per heavy atom. The summed E-state index contributed by atoms with van der Waals surface area (Å²) < 4.78 is 10.7. The zero-order chi connectivity index (χ0) is 20.2. The van der Waals surface area contributed by atoms with E-state index in [1.54, 1.807) is 25.6 Å². The van der Waals surface area contributed by atoms with E-state index in [1.807, 2.05) is 11.0 Å². The number of aryl methyl sites for hydroxylation is 2. The maximum Gasteiger partial charge on any atom is 0.264 e. The first-order chi connectivity index (χ1) is 14.2. The lowest BCUT2D eigenvalue weighted by atomic mass is 10.1. The summed E-state index contributed by atoms with van der Waals surface area (Å²) in [5.74, 6) is 1.76. The summed E-state index contributed by atoms with van der Waals surface area (Å²) in [5.41, 5.74) is 2.66. The van der Waals surface area contributed by atoms with Gasteiger partial charge < -0.3 is 19.3 Å². The Hall–Kier alpha value is -2.05. The summed E-state index contributed by atoms with van der Waals surface area (Å²) in [7, 11) is 3.33. The van der Waals surface area contributed by atoms with Crippen molar-refractivity contribution in [3.8, 4) is 11.5 Å². The molecule has 1 saturated heterocycles. The lowest BCUT2D eigenvalue weighted by molar-refractivity contribution is -0.917. The monoisotopic (exact) mass is 415 g/mol. The van der Waals surface area contributed by atoms with Gasteiger partial charge in [0.05, 0.1) is 45.3 Å². The normalized spacial score (nSPS) is 17.5. The fourth-order valence-electron chi connectivity index (χ4n) is 4.41. The molecule has 0 atom stereocenters. The molecular weight excluding hydrogens is 384 g/mol. The number of thiophene rings is 1. The molecule has 1 aromatic carbocycles. The Bertz CT molecular complexity index is 832. The van der Waals surface area contributed by atoms with Gasteiger partial charge in [0.1, 0.15) is 6.54 Å². The molecule has 156 valence electrons. The number of nitrogens with one attached hydrogen (secondary N) is 1. The Kier molecular flexibility index (Phi) is 6.40. The Labute approximate surface area is 177 Å². The van der Waals surface area contributed by atoms with E-state index >= 15 is 0 Å². The van der Waals surface area contributed by atoms with E-state index in [1.165, 1.54) is 40.2 Å². The lowest BCUT2D eigenvalue weighted by Crippen LogP contribution is -3.13. The molecule has 1 fully saturated rings. The highest BCUT2D eigenvalue weighted by Gasteiger charge is 2.27. The summed E-state index contributed by atoms with van der Waals surface area (Å²) in [4.78, 5) is 19.0. The SMILES string of the molecule is COc1ccc(C[NH+]2CCN(C(=O)c3cc4c(s3)CCCCC4)CC2)cc1OC. The third kappa shape index (κ3) is 4.59. The zero-order valence-electron chi connectivity index (χ0n) is 17.5. The highest BCUT2D eigenvalue weighted by atomic mass is 32.1. The number of rotatable bonds is 5. The van der Waals surface area contributed by atoms with Gasteiger partial charge in [0, 0.05) is 10.4 Å². The van der Waals surface area contributed by atoms with Crippen LogP contribution >= 0.6 is 11.3 Å². The third-order valence-electron chi connectivity index (χ3n) is 6.12. The summed E-state index contributed by atoms with van der Waals surface area (Å²) in [6, 6.07) is 8.30. The highest BCUT2D eigenvalue weighted by Crippen LogP contribution is 2.30. The van der Waals surface area contributed by atoms with Crippen LogP contribution in [0.1, 0.15) is 44.9 Å². The maximum absolute atomic E-state index is 13.0. The van der Waals surface area contributed by atoms with Crippen LogP contribution < -0.4 is 14.4 Å². The quantitative estimate of drug-likeness (QED) is 0.764. The van der Waals surface area contributed by atoms with Gasteiger partial charge in [0.25, 0.3) is 5.91 Å². The van der Waals surface area contributed by atoms with Gasteiger partial charge in [-0.3, -0.25) is 4.79 Å². The second-order valence-electron chi connectivity index (χ2n) is 8.03. The van der Waals surface area contributed by atoms with Gasteiger partial charge in [-0.25, -0.2) is 0 Å². The van der Waals surface area contributed by atoms with Gasteiger partial charge in [0.15, 0.2) is 11.5 Å². The molecule has 0 spiro atoms. The molecule has 0 saturated carbocycles. The lowest BCUT2D eigenvalue weighted by Gasteiger charge is -2.32. The third-order valence-corrected chi connectivity index (χ3v) is 7.34. The van der Waals surface area contributed by atoms with Gasteiger partial charge in [0.2, 0.25) is 0 Å². The zero-order valence-corrected chi connectivity index (χ0v) is 18.3. The van der Waals surface area contributed by atoms with Crippen molar-refractivity contribution in [2.75, 3.05) is 40.4 Å². The summed E-state index contributed by atoms with van der Waals surface area (Å²) >= 11 is 1.74. The number of ether oxygens (including phenoxy) is 2. The van der Waals surface area contributed by atoms with Gasteiger partial charge in [-0.15, -0.1) is 11.3 Å². The first kappa shape index (κ1) is 20.2. The van der Waals surface area contributed by atoms with Crippen LogP contribution in [0.4, 0.5) is 0 Å². The van der Waals surface area contributed by atoms with Crippen molar-refractivity contribution in [2.45, 2.75) is 38.6 Å². The summed E-state index contributed by atoms with van der Waals surface area (Å²) in [6.07, 6.45) is 6.13. The van der Waals surface area contributed by atoms with E-state index < -0.39 is 0 Å². The minimum atomic E-state index is 0.230. The molecule has 29 heavy (non-hydrogen) atoms. The number of piperazine rings is 1. The largest absolute Gasteiger partial charge is 0.493 e. The Morgan fingerprint density at radius 1 is 1.03 bits per heavy atom. The number of amides is 1. The fourth-order valence-corrected chi connectivity index (χ4v) is 5.63. The van der Waals surface area contributed by atoms with Crippen LogP contribution in [0.25, 0.3) is 0 Å². The summed E-state index contributed by atoms with van der Waals surface area (Å²) in [6.45, 7) is 4.54. The smallest absolute Gasteiger partial charge is 0.264 e. The average Bonchev–Trinajstić information content (AvgIpc) is 3.04. The molecule has 2 aromatic rings. The van der Waals surface area contributed by atoms with Crippen LogP contribution in [0.3, 0.4) is 0 Å². The molecule has 6 heteroatoms. The second-order valence-corrected chi connectivity index (χ2v) is 9.16. The number of hydrogen-bond acceptors (Lipinski definition) is 4. The standard InChI is InChI=1S/C23H30N2O3S/c1-27-19-9-8-17(14-20(19)28-2)16-24-10-12-25(13-11-24)23(26)22-15-18-6-4-3-5-7-21(18)29-22/h8-9,14-15H,3-7,10-13,16H2,1-2H3/p+1. The second kappa shape index (κ2) is 9.18. The van der Waals surface area contributed by atoms with Gasteiger partial charge in [-0.05, 0) is 55.5 Å². The van der Waals surface area contributed by atoms with Crippen molar-refractivity contribution in [1.29, 1.82) is 0 Å². The Morgan fingerprint density at radius 3 is 2.55 bits per heavy atom. The number of fused-ring (bicyclic) bond motifs is 1. The van der Waals surface area contributed by atoms with E-state index in [9.17, 15) is 4.79 Å². The van der Waals surface area contributed by atoms with E-state index in [0.717, 1.165) is 61.9 Å². The number of methoxy groups -OCH3 is 2. The molecule has 2 heterocycles. The van der Waals surface area contributed by atoms with E-state index in [-0.39, 0.29) is 5.91 Å². The first-order valence-corrected chi connectivity index (χ1v) is 11.4. The number of hydrogen-bond donors (Lipinski definition) is 1. The minimum absolute atomic E-state index is 0.230. The molecule has 1 aromatic heterocycles. The van der Waals surface area contributed by atoms with Crippen molar-refractivity contribution >= 4 is 17.2 Å². The Balaban J connectivity index is 1.34. The van der Waals surface area contributed by atoms with Crippen LogP contribution in [-0.4, -0.2) is 51.2 Å². The number of benzene rings is 1. The van der Waals surface area contributed by atoms with Crippen LogP contribution in [0.5, 0.6) is 11.5 Å². The fraction of sp³-hybridized carbons (Fsp3) is 0.522. The molecule has 1 aliphatic heterocycles. The van der Waals surface area contributed by atoms with Crippen molar-refractivity contribution in [3.05, 3.63) is 45.1 Å². The van der Waals surface area contributed by atoms with E-state index in [4.69, 9.17) is 9.47 Å². The molecule has 2 aliphatic rings. The molecule has 1 aliphatic carbocycles. The van der Waals surface area contributed by atoms with Crippen LogP contribution in [0.15, 0.2) is 24.3 Å².